The number of nitrogens with zero attached hydrogens (tertiary/aromatic N) is 3. The number of aromatic nitrogens is 2. The molecule has 0 spiro atoms. The van der Waals surface area contributed by atoms with E-state index < -0.39 is 0 Å². The summed E-state index contributed by atoms with van der Waals surface area (Å²) in [7, 11) is 0. The predicted molar refractivity (Wildman–Crippen MR) is 70.1 cm³/mol. The van der Waals surface area contributed by atoms with Crippen molar-refractivity contribution in [1.29, 1.82) is 5.26 Å². The van der Waals surface area contributed by atoms with Gasteiger partial charge in [-0.25, -0.2) is 4.98 Å². The van der Waals surface area contributed by atoms with Crippen molar-refractivity contribution in [1.82, 2.24) is 9.55 Å². The van der Waals surface area contributed by atoms with Gasteiger partial charge in [-0.05, 0) is 31.5 Å². The van der Waals surface area contributed by atoms with Crippen molar-refractivity contribution in [2.24, 2.45) is 0 Å². The maximum Gasteiger partial charge on any atom is 0.135 e. The molecule has 1 aromatic heterocycles. The molecule has 2 rings (SSSR count). The Morgan fingerprint density at radius 1 is 1.39 bits per heavy atom. The molecule has 2 aromatic rings. The summed E-state index contributed by atoms with van der Waals surface area (Å²) in [6.45, 7) is 6.30. The van der Waals surface area contributed by atoms with Crippen LogP contribution >= 0.6 is 0 Å². The number of aryl methyl sites for hydroxylation is 1. The minimum atomic E-state index is 0.526. The molecule has 0 unspecified atom stereocenters. The number of hydrogen-bond acceptors (Lipinski definition) is 3. The number of nitriles is 1. The van der Waals surface area contributed by atoms with Gasteiger partial charge in [0, 0.05) is 13.2 Å². The van der Waals surface area contributed by atoms with E-state index in [2.05, 4.69) is 29.5 Å². The monoisotopic (exact) mass is 243 g/mol. The zero-order valence-corrected chi connectivity index (χ0v) is 10.8. The van der Waals surface area contributed by atoms with Crippen molar-refractivity contribution < 1.29 is 4.74 Å². The number of fused-ring (bicyclic) bond motifs is 1. The third kappa shape index (κ3) is 2.36. The van der Waals surface area contributed by atoms with Gasteiger partial charge in [-0.3, -0.25) is 0 Å². The summed E-state index contributed by atoms with van der Waals surface area (Å²) in [4.78, 5) is 4.55. The van der Waals surface area contributed by atoms with E-state index in [1.165, 1.54) is 0 Å². The topological polar surface area (TPSA) is 50.8 Å². The Kier molecular flexibility index (Phi) is 3.96. The van der Waals surface area contributed by atoms with E-state index in [1.807, 2.05) is 18.2 Å². The summed E-state index contributed by atoms with van der Waals surface area (Å²) >= 11 is 0. The molecule has 0 amide bonds. The van der Waals surface area contributed by atoms with Crippen molar-refractivity contribution >= 4 is 11.0 Å². The van der Waals surface area contributed by atoms with Crippen molar-refractivity contribution in [2.45, 2.75) is 33.4 Å². The molecule has 18 heavy (non-hydrogen) atoms. The Bertz CT molecular complexity index is 580. The molecule has 0 radical (unpaired) electrons. The summed E-state index contributed by atoms with van der Waals surface area (Å²) in [5.74, 6) is 0.927. The van der Waals surface area contributed by atoms with Crippen LogP contribution in [0.15, 0.2) is 18.2 Å². The van der Waals surface area contributed by atoms with E-state index in [4.69, 9.17) is 10.00 Å². The summed E-state index contributed by atoms with van der Waals surface area (Å²) in [5, 5.41) is 8.89. The van der Waals surface area contributed by atoms with Gasteiger partial charge in [-0.2, -0.15) is 5.26 Å². The van der Waals surface area contributed by atoms with Crippen LogP contribution in [0.2, 0.25) is 0 Å². The van der Waals surface area contributed by atoms with Crippen LogP contribution in [0, 0.1) is 11.3 Å². The van der Waals surface area contributed by atoms with Gasteiger partial charge in [-0.15, -0.1) is 0 Å². The number of rotatable bonds is 5. The van der Waals surface area contributed by atoms with E-state index in [-0.39, 0.29) is 0 Å². The van der Waals surface area contributed by atoms with E-state index in [1.54, 1.807) is 0 Å². The maximum atomic E-state index is 8.89. The van der Waals surface area contributed by atoms with Gasteiger partial charge in [0.15, 0.2) is 0 Å². The largest absolute Gasteiger partial charge is 0.374 e. The molecule has 0 aliphatic heterocycles. The van der Waals surface area contributed by atoms with Gasteiger partial charge >= 0.3 is 0 Å². The molecule has 1 heterocycles. The highest BCUT2D eigenvalue weighted by atomic mass is 16.5. The fourth-order valence-electron chi connectivity index (χ4n) is 2.02. The van der Waals surface area contributed by atoms with Crippen LogP contribution in [-0.4, -0.2) is 16.2 Å². The van der Waals surface area contributed by atoms with Crippen LogP contribution in [0.25, 0.3) is 11.0 Å². The molecule has 0 saturated carbocycles. The first kappa shape index (κ1) is 12.6. The third-order valence-corrected chi connectivity index (χ3v) is 2.85. The molecular weight excluding hydrogens is 226 g/mol. The van der Waals surface area contributed by atoms with Gasteiger partial charge < -0.3 is 9.30 Å². The van der Waals surface area contributed by atoms with E-state index in [0.717, 1.165) is 36.4 Å². The normalized spacial score (nSPS) is 10.7. The van der Waals surface area contributed by atoms with Crippen LogP contribution in [0.4, 0.5) is 0 Å². The highest BCUT2D eigenvalue weighted by Gasteiger charge is 2.09. The second kappa shape index (κ2) is 5.65. The minimum Gasteiger partial charge on any atom is -0.374 e. The molecule has 0 saturated heterocycles. The summed E-state index contributed by atoms with van der Waals surface area (Å²) in [6.07, 6.45) is 1.00. The lowest BCUT2D eigenvalue weighted by Gasteiger charge is -2.06. The van der Waals surface area contributed by atoms with Crippen LogP contribution in [-0.2, 0) is 17.9 Å². The van der Waals surface area contributed by atoms with Gasteiger partial charge in [-0.1, -0.05) is 6.92 Å². The Morgan fingerprint density at radius 2 is 2.22 bits per heavy atom. The molecule has 0 N–H and O–H groups in total. The summed E-state index contributed by atoms with van der Waals surface area (Å²) < 4.78 is 7.68. The minimum absolute atomic E-state index is 0.526. The van der Waals surface area contributed by atoms with E-state index in [9.17, 15) is 0 Å². The highest BCUT2D eigenvalue weighted by Crippen LogP contribution is 2.18. The van der Waals surface area contributed by atoms with Gasteiger partial charge in [0.2, 0.25) is 0 Å². The Morgan fingerprint density at radius 3 is 2.89 bits per heavy atom. The molecule has 0 atom stereocenters. The Hall–Kier alpha value is -1.86. The smallest absolute Gasteiger partial charge is 0.135 e. The average Bonchev–Trinajstić information content (AvgIpc) is 2.75. The van der Waals surface area contributed by atoms with E-state index >= 15 is 0 Å². The first-order valence-electron chi connectivity index (χ1n) is 6.27. The van der Waals surface area contributed by atoms with E-state index in [0.29, 0.717) is 12.2 Å². The first-order valence-corrected chi connectivity index (χ1v) is 6.27. The molecule has 4 heteroatoms. The molecule has 0 fully saturated rings. The number of benzene rings is 1. The number of imidazole rings is 1. The standard InChI is InChI=1S/C14H17N3O/c1-3-7-18-10-14-16-12-8-11(9-15)5-6-13(12)17(14)4-2/h5-6,8H,3-4,7,10H2,1-2H3. The van der Waals surface area contributed by atoms with Crippen LogP contribution in [0.3, 0.4) is 0 Å². The fraction of sp³-hybridized carbons (Fsp3) is 0.429. The van der Waals surface area contributed by atoms with Gasteiger partial charge in [0.25, 0.3) is 0 Å². The SMILES string of the molecule is CCCOCc1nc2cc(C#N)ccc2n1CC. The number of ether oxygens (including phenoxy) is 1. The number of hydrogen-bond donors (Lipinski definition) is 0. The Labute approximate surface area is 107 Å². The first-order chi connectivity index (χ1) is 8.80. The molecule has 0 aliphatic carbocycles. The molecule has 4 nitrogen and oxygen atoms in total. The second-order valence-electron chi connectivity index (χ2n) is 4.14. The molecule has 94 valence electrons. The second-order valence-corrected chi connectivity index (χ2v) is 4.14. The van der Waals surface area contributed by atoms with Crippen molar-refractivity contribution in [3.63, 3.8) is 0 Å². The quantitative estimate of drug-likeness (QED) is 0.759. The fourth-order valence-corrected chi connectivity index (χ4v) is 2.02. The molecule has 0 bridgehead atoms. The van der Waals surface area contributed by atoms with Crippen molar-refractivity contribution in [3.8, 4) is 6.07 Å². The lowest BCUT2D eigenvalue weighted by molar-refractivity contribution is 0.114. The molecule has 1 aromatic carbocycles. The lowest BCUT2D eigenvalue weighted by Crippen LogP contribution is -2.04. The molecule has 0 aliphatic rings. The maximum absolute atomic E-state index is 8.89. The zero-order valence-electron chi connectivity index (χ0n) is 10.8. The lowest BCUT2D eigenvalue weighted by atomic mass is 10.2. The van der Waals surface area contributed by atoms with Crippen molar-refractivity contribution in [3.05, 3.63) is 29.6 Å². The molecular formula is C14H17N3O. The van der Waals surface area contributed by atoms with Crippen LogP contribution in [0.5, 0.6) is 0 Å². The van der Waals surface area contributed by atoms with Crippen LogP contribution < -0.4 is 0 Å². The van der Waals surface area contributed by atoms with Crippen LogP contribution in [0.1, 0.15) is 31.7 Å². The van der Waals surface area contributed by atoms with Gasteiger partial charge in [0.1, 0.15) is 12.4 Å². The summed E-state index contributed by atoms with van der Waals surface area (Å²) in [5.41, 5.74) is 2.57. The summed E-state index contributed by atoms with van der Waals surface area (Å²) in [6, 6.07) is 7.74. The average molecular weight is 243 g/mol. The van der Waals surface area contributed by atoms with Gasteiger partial charge in [0.05, 0.1) is 22.7 Å². The predicted octanol–water partition coefficient (Wildman–Crippen LogP) is 2.85. The third-order valence-electron chi connectivity index (χ3n) is 2.85. The highest BCUT2D eigenvalue weighted by molar-refractivity contribution is 5.77. The Balaban J connectivity index is 2.37. The zero-order chi connectivity index (χ0) is 13.0. The van der Waals surface area contributed by atoms with Crippen molar-refractivity contribution in [2.75, 3.05) is 6.61 Å².